The van der Waals surface area contributed by atoms with Crippen LogP contribution >= 0.6 is 11.8 Å². The van der Waals surface area contributed by atoms with Crippen LogP contribution in [0.2, 0.25) is 0 Å². The van der Waals surface area contributed by atoms with E-state index in [4.69, 9.17) is 15.9 Å². The normalized spacial score (nSPS) is 10.7. The smallest absolute Gasteiger partial charge is 0.129 e. The molecule has 0 saturated heterocycles. The number of benzene rings is 1. The van der Waals surface area contributed by atoms with E-state index in [9.17, 15) is 0 Å². The molecule has 0 aromatic heterocycles. The molecular weight excluding hydrogens is 244 g/mol. The number of thioether (sulfide) groups is 1. The van der Waals surface area contributed by atoms with Gasteiger partial charge < -0.3 is 10.5 Å². The van der Waals surface area contributed by atoms with Crippen molar-refractivity contribution in [3.05, 3.63) is 29.3 Å². The average Bonchev–Trinajstić information content (AvgIpc) is 2.34. The summed E-state index contributed by atoms with van der Waals surface area (Å²) in [6.07, 6.45) is 1.24. The molecule has 0 bridgehead atoms. The van der Waals surface area contributed by atoms with Crippen molar-refractivity contribution in [2.75, 3.05) is 12.9 Å². The molecule has 1 aromatic rings. The average molecular weight is 266 g/mol. The molecule has 0 heterocycles. The van der Waals surface area contributed by atoms with Crippen LogP contribution in [0.5, 0.6) is 5.75 Å². The lowest BCUT2D eigenvalue weighted by molar-refractivity contribution is 0.413. The van der Waals surface area contributed by atoms with Gasteiger partial charge in [0.05, 0.1) is 12.7 Å². The molecule has 0 aliphatic rings. The number of hydrogen-bond donors (Lipinski definition) is 2. The van der Waals surface area contributed by atoms with Crippen LogP contribution in [-0.4, -0.2) is 18.7 Å². The number of methoxy groups -OCH3 is 1. The lowest BCUT2D eigenvalue weighted by atomic mass is 10.1. The number of hydrogen-bond acceptors (Lipinski definition) is 3. The van der Waals surface area contributed by atoms with E-state index >= 15 is 0 Å². The Kier molecular flexibility index (Phi) is 6.05. The summed E-state index contributed by atoms with van der Waals surface area (Å²) in [6.45, 7) is 4.48. The molecular formula is C14H22N2OS. The van der Waals surface area contributed by atoms with Crippen molar-refractivity contribution in [3.8, 4) is 5.75 Å². The van der Waals surface area contributed by atoms with Crippen molar-refractivity contribution in [1.29, 1.82) is 5.41 Å². The van der Waals surface area contributed by atoms with Crippen LogP contribution in [0.15, 0.2) is 18.2 Å². The fraction of sp³-hybridized carbons (Fsp3) is 0.500. The SMILES string of the molecule is COc1ccc(CSCCC(C)C)cc1C(=N)N. The van der Waals surface area contributed by atoms with Crippen molar-refractivity contribution < 1.29 is 4.74 Å². The maximum absolute atomic E-state index is 7.54. The second kappa shape index (κ2) is 7.31. The van der Waals surface area contributed by atoms with Gasteiger partial charge >= 0.3 is 0 Å². The predicted molar refractivity (Wildman–Crippen MR) is 79.6 cm³/mol. The molecule has 1 rings (SSSR count). The minimum absolute atomic E-state index is 0.0564. The molecule has 1 aromatic carbocycles. The lowest BCUT2D eigenvalue weighted by Crippen LogP contribution is -2.12. The Balaban J connectivity index is 2.62. The van der Waals surface area contributed by atoms with Crippen molar-refractivity contribution in [2.45, 2.75) is 26.0 Å². The highest BCUT2D eigenvalue weighted by Gasteiger charge is 2.07. The largest absolute Gasteiger partial charge is 0.496 e. The Morgan fingerprint density at radius 2 is 2.17 bits per heavy atom. The zero-order valence-corrected chi connectivity index (χ0v) is 12.1. The van der Waals surface area contributed by atoms with Crippen LogP contribution in [0, 0.1) is 11.3 Å². The molecule has 18 heavy (non-hydrogen) atoms. The Labute approximate surface area is 114 Å². The molecule has 4 heteroatoms. The van der Waals surface area contributed by atoms with Gasteiger partial charge in [0.1, 0.15) is 11.6 Å². The first-order valence-electron chi connectivity index (χ1n) is 6.13. The summed E-state index contributed by atoms with van der Waals surface area (Å²) in [4.78, 5) is 0. The summed E-state index contributed by atoms with van der Waals surface area (Å²) in [5.41, 5.74) is 7.42. The molecule has 3 nitrogen and oxygen atoms in total. The van der Waals surface area contributed by atoms with E-state index in [2.05, 4.69) is 13.8 Å². The highest BCUT2D eigenvalue weighted by atomic mass is 32.2. The van der Waals surface area contributed by atoms with Gasteiger partial charge in [0, 0.05) is 5.75 Å². The van der Waals surface area contributed by atoms with Crippen LogP contribution in [0.25, 0.3) is 0 Å². The summed E-state index contributed by atoms with van der Waals surface area (Å²) < 4.78 is 5.19. The van der Waals surface area contributed by atoms with Gasteiger partial charge in [-0.15, -0.1) is 0 Å². The second-order valence-corrected chi connectivity index (χ2v) is 5.79. The van der Waals surface area contributed by atoms with Crippen molar-refractivity contribution in [2.24, 2.45) is 11.7 Å². The lowest BCUT2D eigenvalue weighted by Gasteiger charge is -2.10. The van der Waals surface area contributed by atoms with E-state index in [1.807, 2.05) is 30.0 Å². The van der Waals surface area contributed by atoms with Gasteiger partial charge in [0.15, 0.2) is 0 Å². The molecule has 0 atom stereocenters. The number of amidine groups is 1. The highest BCUT2D eigenvalue weighted by Crippen LogP contribution is 2.22. The zero-order chi connectivity index (χ0) is 13.5. The van der Waals surface area contributed by atoms with E-state index in [0.29, 0.717) is 11.3 Å². The van der Waals surface area contributed by atoms with Crippen LogP contribution in [0.4, 0.5) is 0 Å². The highest BCUT2D eigenvalue weighted by molar-refractivity contribution is 7.98. The van der Waals surface area contributed by atoms with E-state index < -0.39 is 0 Å². The van der Waals surface area contributed by atoms with E-state index in [0.717, 1.165) is 11.7 Å². The zero-order valence-electron chi connectivity index (χ0n) is 11.3. The minimum atomic E-state index is 0.0564. The van der Waals surface area contributed by atoms with Gasteiger partial charge in [-0.1, -0.05) is 19.9 Å². The third kappa shape index (κ3) is 4.61. The van der Waals surface area contributed by atoms with Crippen LogP contribution in [-0.2, 0) is 5.75 Å². The minimum Gasteiger partial charge on any atom is -0.496 e. The third-order valence-corrected chi connectivity index (χ3v) is 3.72. The Hall–Kier alpha value is -1.16. The first-order valence-corrected chi connectivity index (χ1v) is 7.29. The number of ether oxygens (including phenoxy) is 1. The van der Waals surface area contributed by atoms with Crippen molar-refractivity contribution >= 4 is 17.6 Å². The van der Waals surface area contributed by atoms with Crippen LogP contribution < -0.4 is 10.5 Å². The Bertz CT molecular complexity index is 405. The summed E-state index contributed by atoms with van der Waals surface area (Å²) >= 11 is 1.92. The molecule has 0 fully saturated rings. The van der Waals surface area contributed by atoms with Gasteiger partial charge in [-0.05, 0) is 35.8 Å². The fourth-order valence-electron chi connectivity index (χ4n) is 1.56. The topological polar surface area (TPSA) is 59.1 Å². The summed E-state index contributed by atoms with van der Waals surface area (Å²) in [6, 6.07) is 5.87. The first-order chi connectivity index (χ1) is 8.54. The van der Waals surface area contributed by atoms with Crippen molar-refractivity contribution in [3.63, 3.8) is 0 Å². The molecule has 0 aliphatic heterocycles. The number of nitrogens with one attached hydrogen (secondary N) is 1. The van der Waals surface area contributed by atoms with Gasteiger partial charge in [0.2, 0.25) is 0 Å². The van der Waals surface area contributed by atoms with E-state index in [-0.39, 0.29) is 5.84 Å². The van der Waals surface area contributed by atoms with Gasteiger partial charge in [0.25, 0.3) is 0 Å². The van der Waals surface area contributed by atoms with E-state index in [1.165, 1.54) is 17.7 Å². The monoisotopic (exact) mass is 266 g/mol. The number of rotatable bonds is 7. The van der Waals surface area contributed by atoms with Gasteiger partial charge in [-0.25, -0.2) is 0 Å². The molecule has 3 N–H and O–H groups in total. The Morgan fingerprint density at radius 1 is 1.44 bits per heavy atom. The molecule has 0 radical (unpaired) electrons. The predicted octanol–water partition coefficient (Wildman–Crippen LogP) is 3.26. The molecule has 0 unspecified atom stereocenters. The maximum atomic E-state index is 7.54. The van der Waals surface area contributed by atoms with Crippen LogP contribution in [0.1, 0.15) is 31.4 Å². The molecule has 100 valence electrons. The first kappa shape index (κ1) is 14.9. The second-order valence-electron chi connectivity index (χ2n) is 4.68. The Morgan fingerprint density at radius 3 is 2.72 bits per heavy atom. The summed E-state index contributed by atoms with van der Waals surface area (Å²) in [5.74, 6) is 3.59. The molecule has 0 aliphatic carbocycles. The summed E-state index contributed by atoms with van der Waals surface area (Å²) in [5, 5.41) is 7.54. The summed E-state index contributed by atoms with van der Waals surface area (Å²) in [7, 11) is 1.60. The molecule has 0 saturated carbocycles. The van der Waals surface area contributed by atoms with Gasteiger partial charge in [-0.3, -0.25) is 5.41 Å². The number of nitrogen functional groups attached to an aromatic ring is 1. The quantitative estimate of drug-likeness (QED) is 0.452. The fourth-order valence-corrected chi connectivity index (χ4v) is 2.76. The standard InChI is InChI=1S/C14H22N2OS/c1-10(2)6-7-18-9-11-4-5-13(17-3)12(8-11)14(15)16/h4-5,8,10H,6-7,9H2,1-3H3,(H3,15,16). The van der Waals surface area contributed by atoms with Crippen LogP contribution in [0.3, 0.4) is 0 Å². The van der Waals surface area contributed by atoms with Gasteiger partial charge in [-0.2, -0.15) is 11.8 Å². The number of nitrogens with two attached hydrogens (primary N) is 1. The third-order valence-electron chi connectivity index (χ3n) is 2.66. The maximum Gasteiger partial charge on any atom is 0.129 e. The molecule has 0 spiro atoms. The van der Waals surface area contributed by atoms with E-state index in [1.54, 1.807) is 7.11 Å². The van der Waals surface area contributed by atoms with Crippen molar-refractivity contribution in [1.82, 2.24) is 0 Å². The molecule has 0 amide bonds.